The van der Waals surface area contributed by atoms with Gasteiger partial charge in [-0.15, -0.1) is 0 Å². The maximum Gasteiger partial charge on any atom is 0.407 e. The van der Waals surface area contributed by atoms with Gasteiger partial charge in [0.1, 0.15) is 5.94 Å². The quantitative estimate of drug-likeness (QED) is 0.622. The zero-order valence-electron chi connectivity index (χ0n) is 8.47. The Hall–Kier alpha value is -1.81. The van der Waals surface area contributed by atoms with Crippen LogP contribution in [0.3, 0.4) is 0 Å². The third-order valence-corrected chi connectivity index (χ3v) is 3.34. The van der Waals surface area contributed by atoms with Crippen molar-refractivity contribution in [2.45, 2.75) is 12.8 Å². The molecule has 2 atom stereocenters. The van der Waals surface area contributed by atoms with Crippen LogP contribution in [0.4, 0.5) is 4.79 Å². The Morgan fingerprint density at radius 3 is 2.56 bits per heavy atom. The average molecular weight is 225 g/mol. The summed E-state index contributed by atoms with van der Waals surface area (Å²) in [6.07, 6.45) is -0.316. The van der Waals surface area contributed by atoms with Crippen molar-refractivity contribution in [2.75, 3.05) is 13.1 Å². The highest BCUT2D eigenvalue weighted by molar-refractivity contribution is 5.74. The fourth-order valence-corrected chi connectivity index (χ4v) is 2.39. The molecule has 86 valence electrons. The van der Waals surface area contributed by atoms with E-state index in [0.717, 1.165) is 4.90 Å². The fourth-order valence-electron chi connectivity index (χ4n) is 2.39. The molecule has 1 amide bonds. The summed E-state index contributed by atoms with van der Waals surface area (Å²) in [4.78, 5) is 33.4. The van der Waals surface area contributed by atoms with E-state index in [1.165, 1.54) is 0 Å². The summed E-state index contributed by atoms with van der Waals surface area (Å²) in [5.41, 5.74) is -0.0220. The highest BCUT2D eigenvalue weighted by Crippen LogP contribution is 2.57. The number of hydrogen-bond donors (Lipinski definition) is 2. The molecule has 1 aliphatic heterocycles. The van der Waals surface area contributed by atoms with Crippen molar-refractivity contribution in [1.82, 2.24) is 4.90 Å². The van der Waals surface area contributed by atoms with Crippen LogP contribution >= 0.6 is 0 Å². The number of carboxylic acids is 1. The Morgan fingerprint density at radius 2 is 2.12 bits per heavy atom. The predicted molar refractivity (Wildman–Crippen MR) is 51.6 cm³/mol. The van der Waals surface area contributed by atoms with Gasteiger partial charge in [0.15, 0.2) is 0 Å². The lowest BCUT2D eigenvalue weighted by atomic mass is 9.86. The van der Waals surface area contributed by atoms with E-state index in [9.17, 15) is 14.4 Å². The van der Waals surface area contributed by atoms with E-state index in [1.54, 1.807) is 5.94 Å². The van der Waals surface area contributed by atoms with Gasteiger partial charge in [0.05, 0.1) is 5.92 Å². The molecule has 0 aromatic rings. The molecule has 1 heterocycles. The summed E-state index contributed by atoms with van der Waals surface area (Å²) >= 11 is 0. The first kappa shape index (κ1) is 10.7. The summed E-state index contributed by atoms with van der Waals surface area (Å²) in [5, 5.41) is 17.8. The second kappa shape index (κ2) is 3.35. The van der Waals surface area contributed by atoms with Crippen molar-refractivity contribution in [3.63, 3.8) is 0 Å². The maximum atomic E-state index is 10.9. The average Bonchev–Trinajstić information content (AvgIpc) is 2.90. The maximum absolute atomic E-state index is 10.9. The number of hydrogen-bond acceptors (Lipinski definition) is 3. The molecule has 1 saturated carbocycles. The van der Waals surface area contributed by atoms with Crippen LogP contribution in [-0.4, -0.2) is 46.2 Å². The Kier molecular flexibility index (Phi) is 2.24. The highest BCUT2D eigenvalue weighted by Gasteiger charge is 2.56. The van der Waals surface area contributed by atoms with Crippen molar-refractivity contribution in [3.8, 4) is 0 Å². The molecule has 0 aromatic heterocycles. The summed E-state index contributed by atoms with van der Waals surface area (Å²) in [6, 6.07) is 0. The number of carbonyl (C=O) groups excluding carboxylic acids is 1. The van der Waals surface area contributed by atoms with Crippen LogP contribution < -0.4 is 0 Å². The van der Waals surface area contributed by atoms with E-state index < -0.39 is 23.4 Å². The van der Waals surface area contributed by atoms with Crippen molar-refractivity contribution in [3.05, 3.63) is 5.57 Å². The van der Waals surface area contributed by atoms with Crippen molar-refractivity contribution < 1.29 is 24.6 Å². The Morgan fingerprint density at radius 1 is 1.44 bits per heavy atom. The zero-order valence-corrected chi connectivity index (χ0v) is 8.47. The predicted octanol–water partition coefficient (Wildman–Crippen LogP) is 0.219. The minimum absolute atomic E-state index is 0.00143. The van der Waals surface area contributed by atoms with E-state index in [4.69, 9.17) is 10.2 Å². The SMILES string of the molecule is O=C=C1CC12CC(C(=O)O)CN(C(=O)O)C2. The van der Waals surface area contributed by atoms with Gasteiger partial charge in [-0.25, -0.2) is 9.59 Å². The molecule has 2 rings (SSSR count). The molecule has 1 aliphatic carbocycles. The third kappa shape index (κ3) is 1.57. The highest BCUT2D eigenvalue weighted by atomic mass is 16.4. The first-order chi connectivity index (χ1) is 7.48. The first-order valence-corrected chi connectivity index (χ1v) is 4.94. The van der Waals surface area contributed by atoms with Gasteiger partial charge >= 0.3 is 12.1 Å². The van der Waals surface area contributed by atoms with Crippen molar-refractivity contribution >= 4 is 18.0 Å². The number of carboxylic acid groups (broad SMARTS) is 2. The lowest BCUT2D eigenvalue weighted by Crippen LogP contribution is -2.46. The molecular weight excluding hydrogens is 214 g/mol. The number of aliphatic carboxylic acids is 1. The Labute approximate surface area is 91.2 Å². The van der Waals surface area contributed by atoms with Gasteiger partial charge in [-0.05, 0) is 12.8 Å². The summed E-state index contributed by atoms with van der Waals surface area (Å²) in [6.45, 7) is 0.218. The van der Waals surface area contributed by atoms with Gasteiger partial charge in [0.2, 0.25) is 0 Å². The molecule has 6 heteroatoms. The summed E-state index contributed by atoms with van der Waals surface area (Å²) in [7, 11) is 0. The van der Waals surface area contributed by atoms with Crippen LogP contribution in [-0.2, 0) is 9.59 Å². The first-order valence-electron chi connectivity index (χ1n) is 4.94. The molecule has 2 aliphatic rings. The molecule has 6 nitrogen and oxygen atoms in total. The van der Waals surface area contributed by atoms with Crippen LogP contribution in [0.1, 0.15) is 12.8 Å². The van der Waals surface area contributed by atoms with Gasteiger partial charge in [-0.3, -0.25) is 4.79 Å². The van der Waals surface area contributed by atoms with Crippen LogP contribution in [0.25, 0.3) is 0 Å². The van der Waals surface area contributed by atoms with Crippen molar-refractivity contribution in [1.29, 1.82) is 0 Å². The zero-order chi connectivity index (χ0) is 11.9. The Bertz CT molecular complexity index is 387. The number of amides is 1. The van der Waals surface area contributed by atoms with E-state index in [-0.39, 0.29) is 13.1 Å². The molecule has 0 aromatic carbocycles. The lowest BCUT2D eigenvalue weighted by Gasteiger charge is -2.34. The van der Waals surface area contributed by atoms with Gasteiger partial charge in [0.25, 0.3) is 0 Å². The van der Waals surface area contributed by atoms with Crippen LogP contribution in [0.5, 0.6) is 0 Å². The minimum Gasteiger partial charge on any atom is -0.481 e. The van der Waals surface area contributed by atoms with Gasteiger partial charge < -0.3 is 15.1 Å². The molecule has 2 N–H and O–H groups in total. The van der Waals surface area contributed by atoms with Crippen LogP contribution in [0.2, 0.25) is 0 Å². The van der Waals surface area contributed by atoms with E-state index >= 15 is 0 Å². The van der Waals surface area contributed by atoms with Crippen molar-refractivity contribution in [2.24, 2.45) is 11.3 Å². The molecule has 0 radical (unpaired) electrons. The van der Waals surface area contributed by atoms with Crippen LogP contribution in [0, 0.1) is 11.3 Å². The second-order valence-corrected chi connectivity index (χ2v) is 4.44. The second-order valence-electron chi connectivity index (χ2n) is 4.44. The fraction of sp³-hybridized carbons (Fsp3) is 0.600. The largest absolute Gasteiger partial charge is 0.481 e. The smallest absolute Gasteiger partial charge is 0.407 e. The summed E-state index contributed by atoms with van der Waals surface area (Å²) in [5.74, 6) is 0.0347. The summed E-state index contributed by atoms with van der Waals surface area (Å²) < 4.78 is 0. The molecule has 1 saturated heterocycles. The molecule has 16 heavy (non-hydrogen) atoms. The molecule has 1 spiro atoms. The molecule has 2 unspecified atom stereocenters. The number of nitrogens with zero attached hydrogens (tertiary/aromatic N) is 1. The Balaban J connectivity index is 2.22. The lowest BCUT2D eigenvalue weighted by molar-refractivity contribution is -0.144. The minimum atomic E-state index is -1.14. The topological polar surface area (TPSA) is 94.9 Å². The van der Waals surface area contributed by atoms with E-state index in [1.807, 2.05) is 0 Å². The number of rotatable bonds is 1. The van der Waals surface area contributed by atoms with E-state index in [0.29, 0.717) is 18.4 Å². The molecule has 2 fully saturated rings. The molecule has 0 bridgehead atoms. The van der Waals surface area contributed by atoms with E-state index in [2.05, 4.69) is 0 Å². The molecular formula is C10H11NO5. The monoisotopic (exact) mass is 225 g/mol. The van der Waals surface area contributed by atoms with Gasteiger partial charge in [0, 0.05) is 24.1 Å². The third-order valence-electron chi connectivity index (χ3n) is 3.34. The number of piperidine rings is 1. The van der Waals surface area contributed by atoms with Gasteiger partial charge in [-0.1, -0.05) is 0 Å². The van der Waals surface area contributed by atoms with Gasteiger partial charge in [-0.2, -0.15) is 0 Å². The van der Waals surface area contributed by atoms with Crippen LogP contribution in [0.15, 0.2) is 5.57 Å². The number of carbonyl (C=O) groups is 2. The normalized spacial score (nSPS) is 32.4. The number of likely N-dealkylation sites (tertiary alicyclic amines) is 1. The standard InChI is InChI=1S/C10H11NO5/c12-4-7-2-10(7)1-6(8(13)14)3-11(5-10)9(15)16/h6H,1-3,5H2,(H,13,14)(H,15,16).